The Labute approximate surface area is 77.5 Å². The molecule has 0 heterocycles. The Morgan fingerprint density at radius 2 is 2.08 bits per heavy atom. The van der Waals surface area contributed by atoms with E-state index in [1.165, 1.54) is 4.90 Å². The van der Waals surface area contributed by atoms with Gasteiger partial charge in [0, 0.05) is 13.0 Å². The Kier molecular flexibility index (Phi) is 7.56. The Bertz CT molecular complexity index is 156. The first-order valence-electron chi connectivity index (χ1n) is 4.25. The monoisotopic (exact) mass is 191 g/mol. The SMILES string of the molecule is C#CCCCN(CCO)CC(F)F. The summed E-state index contributed by atoms with van der Waals surface area (Å²) in [6.45, 7) is 0.428. The summed E-state index contributed by atoms with van der Waals surface area (Å²) in [5.74, 6) is 2.44. The fourth-order valence-electron chi connectivity index (χ4n) is 1.04. The van der Waals surface area contributed by atoms with Gasteiger partial charge < -0.3 is 5.11 Å². The van der Waals surface area contributed by atoms with Crippen molar-refractivity contribution >= 4 is 0 Å². The third kappa shape index (κ3) is 7.69. The molecule has 4 heteroatoms. The average Bonchev–Trinajstić information content (AvgIpc) is 2.04. The van der Waals surface area contributed by atoms with Crippen LogP contribution in [-0.2, 0) is 0 Å². The standard InChI is InChI=1S/C9H15F2NO/c1-2-3-4-5-12(6-7-13)8-9(10)11/h1,9,13H,3-8H2. The van der Waals surface area contributed by atoms with E-state index in [0.717, 1.165) is 0 Å². The summed E-state index contributed by atoms with van der Waals surface area (Å²) in [6, 6.07) is 0. The Hall–Kier alpha value is -0.660. The highest BCUT2D eigenvalue weighted by Gasteiger charge is 2.10. The molecular formula is C9H15F2NO. The van der Waals surface area contributed by atoms with Crippen molar-refractivity contribution in [1.82, 2.24) is 4.90 Å². The second-order valence-corrected chi connectivity index (χ2v) is 2.72. The lowest BCUT2D eigenvalue weighted by Gasteiger charge is -2.19. The van der Waals surface area contributed by atoms with Crippen molar-refractivity contribution in [3.05, 3.63) is 0 Å². The Balaban J connectivity index is 3.61. The van der Waals surface area contributed by atoms with Gasteiger partial charge in [-0.15, -0.1) is 12.3 Å². The number of unbranched alkanes of at least 4 members (excludes halogenated alkanes) is 1. The van der Waals surface area contributed by atoms with Crippen LogP contribution >= 0.6 is 0 Å². The molecule has 0 aromatic rings. The number of aliphatic hydroxyl groups excluding tert-OH is 1. The zero-order chi connectivity index (χ0) is 10.1. The summed E-state index contributed by atoms with van der Waals surface area (Å²) >= 11 is 0. The van der Waals surface area contributed by atoms with Crippen molar-refractivity contribution in [2.75, 3.05) is 26.2 Å². The van der Waals surface area contributed by atoms with Gasteiger partial charge in [-0.2, -0.15) is 0 Å². The summed E-state index contributed by atoms with van der Waals surface area (Å²) < 4.78 is 23.9. The van der Waals surface area contributed by atoms with E-state index in [9.17, 15) is 8.78 Å². The van der Waals surface area contributed by atoms with Crippen LogP contribution in [0.2, 0.25) is 0 Å². The lowest BCUT2D eigenvalue weighted by Crippen LogP contribution is -2.32. The normalized spacial score (nSPS) is 10.8. The zero-order valence-electron chi connectivity index (χ0n) is 7.55. The second-order valence-electron chi connectivity index (χ2n) is 2.72. The Morgan fingerprint density at radius 1 is 1.38 bits per heavy atom. The maximum absolute atomic E-state index is 12.0. The molecule has 0 saturated heterocycles. The minimum absolute atomic E-state index is 0.0945. The van der Waals surface area contributed by atoms with Gasteiger partial charge >= 0.3 is 0 Å². The lowest BCUT2D eigenvalue weighted by atomic mass is 10.3. The fourth-order valence-corrected chi connectivity index (χ4v) is 1.04. The molecule has 0 aromatic heterocycles. The van der Waals surface area contributed by atoms with Gasteiger partial charge in [0.15, 0.2) is 0 Å². The van der Waals surface area contributed by atoms with Crippen molar-refractivity contribution in [2.45, 2.75) is 19.3 Å². The first-order chi connectivity index (χ1) is 6.20. The van der Waals surface area contributed by atoms with Crippen LogP contribution < -0.4 is 0 Å². The molecule has 0 radical (unpaired) electrons. The first kappa shape index (κ1) is 12.3. The Morgan fingerprint density at radius 3 is 2.54 bits per heavy atom. The smallest absolute Gasteiger partial charge is 0.251 e. The van der Waals surface area contributed by atoms with E-state index in [1.807, 2.05) is 0 Å². The average molecular weight is 191 g/mol. The van der Waals surface area contributed by atoms with Gasteiger partial charge in [0.05, 0.1) is 13.2 Å². The largest absolute Gasteiger partial charge is 0.395 e. The van der Waals surface area contributed by atoms with Crippen molar-refractivity contribution in [3.63, 3.8) is 0 Å². The highest BCUT2D eigenvalue weighted by atomic mass is 19.3. The van der Waals surface area contributed by atoms with Crippen LogP contribution in [0.15, 0.2) is 0 Å². The van der Waals surface area contributed by atoms with Crippen molar-refractivity contribution in [1.29, 1.82) is 0 Å². The molecule has 1 N–H and O–H groups in total. The van der Waals surface area contributed by atoms with Gasteiger partial charge in [-0.05, 0) is 13.0 Å². The van der Waals surface area contributed by atoms with Crippen LogP contribution in [0.1, 0.15) is 12.8 Å². The molecule has 0 aliphatic heterocycles. The summed E-state index contributed by atoms with van der Waals surface area (Å²) in [6.07, 6.45) is 3.96. The van der Waals surface area contributed by atoms with E-state index in [-0.39, 0.29) is 19.7 Å². The maximum Gasteiger partial charge on any atom is 0.251 e. The molecule has 0 saturated carbocycles. The number of nitrogens with zero attached hydrogens (tertiary/aromatic N) is 1. The van der Waals surface area contributed by atoms with E-state index >= 15 is 0 Å². The number of halogens is 2. The molecule has 0 atom stereocenters. The topological polar surface area (TPSA) is 23.5 Å². The minimum Gasteiger partial charge on any atom is -0.395 e. The summed E-state index contributed by atoms with van der Waals surface area (Å²) in [5, 5.41) is 8.58. The van der Waals surface area contributed by atoms with Gasteiger partial charge in [0.1, 0.15) is 0 Å². The molecule has 0 amide bonds. The van der Waals surface area contributed by atoms with Crippen LogP contribution in [0.5, 0.6) is 0 Å². The number of rotatable bonds is 7. The van der Waals surface area contributed by atoms with Gasteiger partial charge in [-0.3, -0.25) is 4.90 Å². The quantitative estimate of drug-likeness (QED) is 0.478. The molecule has 0 aliphatic carbocycles. The van der Waals surface area contributed by atoms with Crippen molar-refractivity contribution < 1.29 is 13.9 Å². The zero-order valence-corrected chi connectivity index (χ0v) is 7.55. The highest BCUT2D eigenvalue weighted by molar-refractivity contribution is 4.83. The summed E-state index contributed by atoms with van der Waals surface area (Å²) in [4.78, 5) is 1.52. The third-order valence-corrected chi connectivity index (χ3v) is 1.61. The van der Waals surface area contributed by atoms with Crippen LogP contribution in [0.4, 0.5) is 8.78 Å². The van der Waals surface area contributed by atoms with Gasteiger partial charge in [-0.1, -0.05) is 0 Å². The molecule has 0 unspecified atom stereocenters. The predicted molar refractivity (Wildman–Crippen MR) is 47.6 cm³/mol. The third-order valence-electron chi connectivity index (χ3n) is 1.61. The van der Waals surface area contributed by atoms with Crippen LogP contribution in [0.25, 0.3) is 0 Å². The number of hydrogen-bond acceptors (Lipinski definition) is 2. The van der Waals surface area contributed by atoms with Crippen molar-refractivity contribution in [3.8, 4) is 12.3 Å². The van der Waals surface area contributed by atoms with E-state index in [1.54, 1.807) is 0 Å². The molecule has 0 fully saturated rings. The summed E-state index contributed by atoms with van der Waals surface area (Å²) in [5.41, 5.74) is 0. The van der Waals surface area contributed by atoms with E-state index < -0.39 is 6.43 Å². The van der Waals surface area contributed by atoms with Crippen LogP contribution in [-0.4, -0.2) is 42.7 Å². The molecule has 0 aliphatic rings. The molecule has 0 bridgehead atoms. The maximum atomic E-state index is 12.0. The second kappa shape index (κ2) is 7.96. The number of alkyl halides is 2. The number of terminal acetylenes is 1. The van der Waals surface area contributed by atoms with Crippen LogP contribution in [0.3, 0.4) is 0 Å². The van der Waals surface area contributed by atoms with E-state index in [4.69, 9.17) is 11.5 Å². The summed E-state index contributed by atoms with van der Waals surface area (Å²) in [7, 11) is 0. The molecule has 0 rings (SSSR count). The molecule has 2 nitrogen and oxygen atoms in total. The number of aliphatic hydroxyl groups is 1. The molecule has 0 aromatic carbocycles. The highest BCUT2D eigenvalue weighted by Crippen LogP contribution is 2.00. The van der Waals surface area contributed by atoms with Gasteiger partial charge in [0.2, 0.25) is 0 Å². The van der Waals surface area contributed by atoms with Crippen LogP contribution in [0, 0.1) is 12.3 Å². The van der Waals surface area contributed by atoms with E-state index in [0.29, 0.717) is 19.4 Å². The molecule has 76 valence electrons. The fraction of sp³-hybridized carbons (Fsp3) is 0.778. The lowest BCUT2D eigenvalue weighted by molar-refractivity contribution is 0.0780. The van der Waals surface area contributed by atoms with Gasteiger partial charge in [0.25, 0.3) is 6.43 Å². The van der Waals surface area contributed by atoms with E-state index in [2.05, 4.69) is 5.92 Å². The molecular weight excluding hydrogens is 176 g/mol. The molecule has 0 spiro atoms. The number of hydrogen-bond donors (Lipinski definition) is 1. The first-order valence-corrected chi connectivity index (χ1v) is 4.25. The van der Waals surface area contributed by atoms with Crippen molar-refractivity contribution in [2.24, 2.45) is 0 Å². The van der Waals surface area contributed by atoms with Gasteiger partial charge in [-0.25, -0.2) is 8.78 Å². The molecule has 13 heavy (non-hydrogen) atoms. The predicted octanol–water partition coefficient (Wildman–Crippen LogP) is 0.959. The minimum atomic E-state index is -2.35.